The van der Waals surface area contributed by atoms with Gasteiger partial charge in [0, 0.05) is 4.47 Å². The van der Waals surface area contributed by atoms with Gasteiger partial charge in [0.15, 0.2) is 0 Å². The minimum Gasteiger partial charge on any atom is -0.444 e. The number of ether oxygens (including phenoxy) is 1. The second-order valence-electron chi connectivity index (χ2n) is 5.64. The predicted octanol–water partition coefficient (Wildman–Crippen LogP) is 4.21. The van der Waals surface area contributed by atoms with Gasteiger partial charge in [-0.3, -0.25) is 0 Å². The third kappa shape index (κ3) is 3.26. The van der Waals surface area contributed by atoms with E-state index in [9.17, 15) is 9.18 Å². The lowest BCUT2D eigenvalue weighted by Crippen LogP contribution is -2.40. The van der Waals surface area contributed by atoms with Crippen molar-refractivity contribution in [3.63, 3.8) is 0 Å². The first-order valence-electron chi connectivity index (χ1n) is 6.17. The smallest absolute Gasteiger partial charge is 0.410 e. The summed E-state index contributed by atoms with van der Waals surface area (Å²) in [7, 11) is 0. The largest absolute Gasteiger partial charge is 0.444 e. The number of hydrogen-bond donors (Lipinski definition) is 0. The molecule has 0 fully saturated rings. The van der Waals surface area contributed by atoms with Crippen LogP contribution in [0.15, 0.2) is 22.7 Å². The van der Waals surface area contributed by atoms with E-state index in [0.717, 1.165) is 10.0 Å². The molecule has 1 aromatic carbocycles. The summed E-state index contributed by atoms with van der Waals surface area (Å²) in [6.07, 6.45) is -1.65. The first-order valence-corrected chi connectivity index (χ1v) is 6.96. The Balaban J connectivity index is 2.21. The molecule has 0 saturated carbocycles. The van der Waals surface area contributed by atoms with Crippen molar-refractivity contribution in [2.75, 3.05) is 6.54 Å². The normalized spacial score (nSPS) is 19.0. The van der Waals surface area contributed by atoms with E-state index in [1.807, 2.05) is 6.07 Å². The molecule has 1 heterocycles. The second kappa shape index (κ2) is 5.12. The Hall–Kier alpha value is -1.10. The number of fused-ring (bicyclic) bond motifs is 1. The molecule has 2 rings (SSSR count). The van der Waals surface area contributed by atoms with Crippen LogP contribution in [0.1, 0.15) is 38.1 Å². The quantitative estimate of drug-likeness (QED) is 0.713. The summed E-state index contributed by atoms with van der Waals surface area (Å²) < 4.78 is 20.2. The van der Waals surface area contributed by atoms with Gasteiger partial charge in [0.1, 0.15) is 11.8 Å². The van der Waals surface area contributed by atoms with Crippen LogP contribution in [0.25, 0.3) is 0 Å². The molecule has 1 aliphatic rings. The molecule has 1 aromatic rings. The maximum absolute atomic E-state index is 14.1. The molecule has 3 nitrogen and oxygen atoms in total. The van der Waals surface area contributed by atoms with E-state index in [-0.39, 0.29) is 6.54 Å². The highest BCUT2D eigenvalue weighted by Crippen LogP contribution is 2.34. The molecule has 0 radical (unpaired) electrons. The Morgan fingerprint density at radius 2 is 2.16 bits per heavy atom. The zero-order valence-electron chi connectivity index (χ0n) is 11.2. The number of halogens is 2. The van der Waals surface area contributed by atoms with Crippen LogP contribution in [0, 0.1) is 0 Å². The zero-order valence-corrected chi connectivity index (χ0v) is 12.8. The van der Waals surface area contributed by atoms with Crippen molar-refractivity contribution in [1.29, 1.82) is 0 Å². The summed E-state index contributed by atoms with van der Waals surface area (Å²) in [4.78, 5) is 13.4. The molecule has 1 atom stereocenters. The van der Waals surface area contributed by atoms with Crippen molar-refractivity contribution in [3.05, 3.63) is 33.8 Å². The second-order valence-corrected chi connectivity index (χ2v) is 6.49. The van der Waals surface area contributed by atoms with Gasteiger partial charge in [-0.05, 0) is 38.0 Å². The van der Waals surface area contributed by atoms with Crippen LogP contribution in [0.5, 0.6) is 0 Å². The van der Waals surface area contributed by atoms with Gasteiger partial charge < -0.3 is 9.64 Å². The molecule has 0 bridgehead atoms. The number of amides is 1. The van der Waals surface area contributed by atoms with Gasteiger partial charge in [0.05, 0.1) is 13.1 Å². The monoisotopic (exact) mass is 329 g/mol. The van der Waals surface area contributed by atoms with Crippen LogP contribution in [0.4, 0.5) is 9.18 Å². The molecular formula is C14H17BrFNO2. The highest BCUT2D eigenvalue weighted by Gasteiger charge is 2.31. The average molecular weight is 330 g/mol. The highest BCUT2D eigenvalue weighted by atomic mass is 79.9. The van der Waals surface area contributed by atoms with Crippen LogP contribution in [0.2, 0.25) is 0 Å². The average Bonchev–Trinajstić information content (AvgIpc) is 2.28. The minimum absolute atomic E-state index is 0.0400. The molecule has 0 aliphatic carbocycles. The van der Waals surface area contributed by atoms with E-state index in [1.165, 1.54) is 4.90 Å². The number of nitrogens with zero attached hydrogens (tertiary/aromatic N) is 1. The fourth-order valence-electron chi connectivity index (χ4n) is 2.05. The van der Waals surface area contributed by atoms with Crippen LogP contribution in [0.3, 0.4) is 0 Å². The molecule has 1 unspecified atom stereocenters. The molecule has 1 aliphatic heterocycles. The van der Waals surface area contributed by atoms with Crippen molar-refractivity contribution in [2.45, 2.75) is 39.1 Å². The molecular weight excluding hydrogens is 313 g/mol. The molecule has 0 N–H and O–H groups in total. The van der Waals surface area contributed by atoms with E-state index in [0.29, 0.717) is 12.1 Å². The molecule has 5 heteroatoms. The first kappa shape index (κ1) is 14.3. The lowest BCUT2D eigenvalue weighted by molar-refractivity contribution is 0.0158. The Bertz CT molecular complexity index is 499. The molecule has 1 amide bonds. The summed E-state index contributed by atoms with van der Waals surface area (Å²) in [5.41, 5.74) is 0.887. The number of alkyl halides is 1. The van der Waals surface area contributed by atoms with Crippen LogP contribution < -0.4 is 0 Å². The summed E-state index contributed by atoms with van der Waals surface area (Å²) in [6.45, 7) is 5.80. The topological polar surface area (TPSA) is 29.5 Å². The van der Waals surface area contributed by atoms with E-state index in [4.69, 9.17) is 4.74 Å². The minimum atomic E-state index is -1.17. The van der Waals surface area contributed by atoms with Gasteiger partial charge >= 0.3 is 6.09 Å². The lowest BCUT2D eigenvalue weighted by Gasteiger charge is -2.33. The van der Waals surface area contributed by atoms with Crippen molar-refractivity contribution in [2.24, 2.45) is 0 Å². The Kier molecular flexibility index (Phi) is 3.85. The standard InChI is InChI=1S/C14H17BrFNO2/c1-14(2,3)19-13(18)17-7-10-9(12(16)8-17)5-4-6-11(10)15/h4-6,12H,7-8H2,1-3H3. The van der Waals surface area contributed by atoms with Gasteiger partial charge in [-0.15, -0.1) is 0 Å². The fourth-order valence-corrected chi connectivity index (χ4v) is 2.56. The summed E-state index contributed by atoms with van der Waals surface area (Å²) >= 11 is 3.40. The fraction of sp³-hybridized carbons (Fsp3) is 0.500. The predicted molar refractivity (Wildman–Crippen MR) is 74.6 cm³/mol. The SMILES string of the molecule is CC(C)(C)OC(=O)N1Cc2c(Br)cccc2C(F)C1. The van der Waals surface area contributed by atoms with Gasteiger partial charge in [0.25, 0.3) is 0 Å². The maximum atomic E-state index is 14.1. The Labute approximate surface area is 120 Å². The molecule has 104 valence electrons. The number of carbonyl (C=O) groups excluding carboxylic acids is 1. The summed E-state index contributed by atoms with van der Waals surface area (Å²) in [5.74, 6) is 0. The third-order valence-electron chi connectivity index (χ3n) is 2.87. The lowest BCUT2D eigenvalue weighted by atomic mass is 9.99. The Morgan fingerprint density at radius 1 is 1.47 bits per heavy atom. The van der Waals surface area contributed by atoms with Crippen molar-refractivity contribution in [1.82, 2.24) is 4.90 Å². The molecule has 0 aromatic heterocycles. The molecule has 0 saturated heterocycles. The third-order valence-corrected chi connectivity index (χ3v) is 3.62. The van der Waals surface area contributed by atoms with Crippen LogP contribution in [-0.4, -0.2) is 23.1 Å². The summed E-state index contributed by atoms with van der Waals surface area (Å²) in [6, 6.07) is 5.42. The van der Waals surface area contributed by atoms with Crippen molar-refractivity contribution < 1.29 is 13.9 Å². The number of hydrogen-bond acceptors (Lipinski definition) is 2. The van der Waals surface area contributed by atoms with Crippen molar-refractivity contribution in [3.8, 4) is 0 Å². The van der Waals surface area contributed by atoms with E-state index < -0.39 is 17.9 Å². The first-order chi connectivity index (χ1) is 8.78. The van der Waals surface area contributed by atoms with Gasteiger partial charge in [-0.25, -0.2) is 9.18 Å². The Morgan fingerprint density at radius 3 is 2.79 bits per heavy atom. The highest BCUT2D eigenvalue weighted by molar-refractivity contribution is 9.10. The number of rotatable bonds is 0. The van der Waals surface area contributed by atoms with Crippen molar-refractivity contribution >= 4 is 22.0 Å². The molecule has 0 spiro atoms. The van der Waals surface area contributed by atoms with Gasteiger partial charge in [-0.2, -0.15) is 0 Å². The van der Waals surface area contributed by atoms with Gasteiger partial charge in [0.2, 0.25) is 0 Å². The molecule has 19 heavy (non-hydrogen) atoms. The van der Waals surface area contributed by atoms with E-state index in [1.54, 1.807) is 32.9 Å². The zero-order chi connectivity index (χ0) is 14.2. The number of benzene rings is 1. The van der Waals surface area contributed by atoms with E-state index in [2.05, 4.69) is 15.9 Å². The summed E-state index contributed by atoms with van der Waals surface area (Å²) in [5, 5.41) is 0. The van der Waals surface area contributed by atoms with Crippen LogP contribution in [-0.2, 0) is 11.3 Å². The van der Waals surface area contributed by atoms with Crippen LogP contribution >= 0.6 is 15.9 Å². The van der Waals surface area contributed by atoms with Gasteiger partial charge in [-0.1, -0.05) is 28.1 Å². The number of carbonyl (C=O) groups is 1. The maximum Gasteiger partial charge on any atom is 0.410 e. The van der Waals surface area contributed by atoms with E-state index >= 15 is 0 Å².